The zero-order valence-corrected chi connectivity index (χ0v) is 18.3. The van der Waals surface area contributed by atoms with Crippen LogP contribution in [0.25, 0.3) is 22.3 Å². The Bertz CT molecular complexity index is 1460. The SMILES string of the molecule is Cc1cc(C(C)Nc2ccc(Cl)nc2C#N)c2oc(-c3cncc(F)c3)c(C)c(=O)c2c1. The summed E-state index contributed by atoms with van der Waals surface area (Å²) in [6.45, 7) is 5.42. The maximum atomic E-state index is 13.8. The molecule has 0 amide bonds. The number of fused-ring (bicyclic) bond motifs is 1. The molecule has 0 spiro atoms. The fourth-order valence-electron chi connectivity index (χ4n) is 3.65. The lowest BCUT2D eigenvalue weighted by molar-refractivity contribution is 0.598. The minimum Gasteiger partial charge on any atom is -0.455 e. The molecule has 8 heteroatoms. The molecule has 0 bridgehead atoms. The predicted octanol–water partition coefficient (Wildman–Crippen LogP) is 5.70. The van der Waals surface area contributed by atoms with Crippen molar-refractivity contribution in [1.82, 2.24) is 9.97 Å². The number of nitrogens with one attached hydrogen (secondary N) is 1. The van der Waals surface area contributed by atoms with Gasteiger partial charge in [0.2, 0.25) is 0 Å². The smallest absolute Gasteiger partial charge is 0.196 e. The molecule has 0 saturated heterocycles. The van der Waals surface area contributed by atoms with E-state index in [1.165, 1.54) is 12.3 Å². The third-order valence-corrected chi connectivity index (χ3v) is 5.38. The molecule has 0 aliphatic heterocycles. The minimum atomic E-state index is -0.525. The standard InChI is InChI=1S/C24H18ClFN4O2/c1-12-6-17(14(3)29-19-4-5-21(25)30-20(19)9-27)24-18(7-12)22(31)13(2)23(32-24)15-8-16(26)11-28-10-15/h4-8,10-11,14,29H,1-3H3. The first-order valence-electron chi connectivity index (χ1n) is 9.80. The molecule has 6 nitrogen and oxygen atoms in total. The number of aromatic nitrogens is 2. The maximum Gasteiger partial charge on any atom is 0.196 e. The van der Waals surface area contributed by atoms with Gasteiger partial charge in [0.15, 0.2) is 11.1 Å². The van der Waals surface area contributed by atoms with E-state index in [9.17, 15) is 14.4 Å². The summed E-state index contributed by atoms with van der Waals surface area (Å²) in [5.74, 6) is -0.263. The summed E-state index contributed by atoms with van der Waals surface area (Å²) in [5, 5.41) is 13.3. The molecule has 32 heavy (non-hydrogen) atoms. The van der Waals surface area contributed by atoms with Gasteiger partial charge in [0.1, 0.15) is 28.4 Å². The Kier molecular flexibility index (Phi) is 5.64. The van der Waals surface area contributed by atoms with Crippen LogP contribution in [0.15, 0.2) is 51.9 Å². The van der Waals surface area contributed by atoms with Crippen LogP contribution < -0.4 is 10.7 Å². The van der Waals surface area contributed by atoms with Gasteiger partial charge in [-0.05, 0) is 50.6 Å². The number of halogens is 2. The van der Waals surface area contributed by atoms with Crippen LogP contribution in [-0.4, -0.2) is 9.97 Å². The first-order valence-corrected chi connectivity index (χ1v) is 10.2. The zero-order valence-electron chi connectivity index (χ0n) is 17.5. The second kappa shape index (κ2) is 8.40. The Morgan fingerprint density at radius 3 is 2.72 bits per heavy atom. The Hall–Kier alpha value is -3.76. The van der Waals surface area contributed by atoms with Crippen LogP contribution >= 0.6 is 11.6 Å². The molecular weight excluding hydrogens is 431 g/mol. The molecule has 0 saturated carbocycles. The van der Waals surface area contributed by atoms with Crippen molar-refractivity contribution in [2.75, 3.05) is 5.32 Å². The number of hydrogen-bond donors (Lipinski definition) is 1. The normalized spacial score (nSPS) is 11.9. The average molecular weight is 449 g/mol. The molecule has 3 aromatic heterocycles. The highest BCUT2D eigenvalue weighted by molar-refractivity contribution is 6.29. The second-order valence-electron chi connectivity index (χ2n) is 7.52. The molecule has 0 aliphatic rings. The molecule has 1 aromatic carbocycles. The lowest BCUT2D eigenvalue weighted by Crippen LogP contribution is -2.13. The lowest BCUT2D eigenvalue weighted by Gasteiger charge is -2.19. The van der Waals surface area contributed by atoms with E-state index in [0.717, 1.165) is 11.8 Å². The monoisotopic (exact) mass is 448 g/mol. The Labute approximate surface area is 188 Å². The van der Waals surface area contributed by atoms with Crippen molar-refractivity contribution in [3.63, 3.8) is 0 Å². The van der Waals surface area contributed by atoms with Gasteiger partial charge in [-0.25, -0.2) is 9.37 Å². The van der Waals surface area contributed by atoms with Gasteiger partial charge in [0, 0.05) is 22.9 Å². The number of nitrogens with zero attached hydrogens (tertiary/aromatic N) is 3. The van der Waals surface area contributed by atoms with Crippen molar-refractivity contribution in [2.45, 2.75) is 26.8 Å². The van der Waals surface area contributed by atoms with Gasteiger partial charge in [0.25, 0.3) is 0 Å². The van der Waals surface area contributed by atoms with Gasteiger partial charge in [0.05, 0.1) is 23.3 Å². The zero-order chi connectivity index (χ0) is 23.0. The van der Waals surface area contributed by atoms with Crippen LogP contribution in [0, 0.1) is 31.0 Å². The topological polar surface area (TPSA) is 91.8 Å². The van der Waals surface area contributed by atoms with Gasteiger partial charge < -0.3 is 9.73 Å². The largest absolute Gasteiger partial charge is 0.455 e. The fraction of sp³-hybridized carbons (Fsp3) is 0.167. The molecular formula is C24H18ClFN4O2. The third-order valence-electron chi connectivity index (χ3n) is 5.16. The number of pyridine rings is 2. The van der Waals surface area contributed by atoms with Crippen molar-refractivity contribution in [3.8, 4) is 17.4 Å². The van der Waals surface area contributed by atoms with Crippen molar-refractivity contribution >= 4 is 28.3 Å². The molecule has 1 unspecified atom stereocenters. The predicted molar refractivity (Wildman–Crippen MR) is 121 cm³/mol. The summed E-state index contributed by atoms with van der Waals surface area (Å²) in [4.78, 5) is 21.1. The van der Waals surface area contributed by atoms with Gasteiger partial charge in [-0.2, -0.15) is 5.26 Å². The van der Waals surface area contributed by atoms with E-state index in [-0.39, 0.29) is 28.1 Å². The highest BCUT2D eigenvalue weighted by atomic mass is 35.5. The Morgan fingerprint density at radius 1 is 1.22 bits per heavy atom. The quantitative estimate of drug-likeness (QED) is 0.402. The molecule has 4 aromatic rings. The Morgan fingerprint density at radius 2 is 2.00 bits per heavy atom. The average Bonchev–Trinajstić information content (AvgIpc) is 2.77. The number of rotatable bonds is 4. The van der Waals surface area contributed by atoms with Gasteiger partial charge >= 0.3 is 0 Å². The third kappa shape index (κ3) is 3.93. The van der Waals surface area contributed by atoms with Crippen LogP contribution in [0.4, 0.5) is 10.1 Å². The van der Waals surface area contributed by atoms with E-state index in [1.807, 2.05) is 26.0 Å². The van der Waals surface area contributed by atoms with E-state index in [0.29, 0.717) is 33.3 Å². The summed E-state index contributed by atoms with van der Waals surface area (Å²) >= 11 is 5.90. The van der Waals surface area contributed by atoms with Crippen LogP contribution in [0.5, 0.6) is 0 Å². The number of anilines is 1. The van der Waals surface area contributed by atoms with Gasteiger partial charge in [-0.1, -0.05) is 17.7 Å². The van der Waals surface area contributed by atoms with Crippen molar-refractivity contribution in [2.24, 2.45) is 0 Å². The van der Waals surface area contributed by atoms with E-state index >= 15 is 0 Å². The summed E-state index contributed by atoms with van der Waals surface area (Å²) < 4.78 is 20.0. The molecule has 1 atom stereocenters. The Balaban J connectivity index is 1.90. The van der Waals surface area contributed by atoms with Gasteiger partial charge in [-0.15, -0.1) is 0 Å². The highest BCUT2D eigenvalue weighted by Crippen LogP contribution is 2.32. The van der Waals surface area contributed by atoms with Gasteiger partial charge in [-0.3, -0.25) is 9.78 Å². The molecule has 1 N–H and O–H groups in total. The molecule has 0 fully saturated rings. The van der Waals surface area contributed by atoms with Crippen LogP contribution in [-0.2, 0) is 0 Å². The number of nitriles is 1. The number of aryl methyl sites for hydroxylation is 1. The second-order valence-corrected chi connectivity index (χ2v) is 7.90. The summed E-state index contributed by atoms with van der Waals surface area (Å²) in [5.41, 5.74) is 3.18. The van der Waals surface area contributed by atoms with Crippen molar-refractivity contribution in [3.05, 3.63) is 86.3 Å². The first-order chi connectivity index (χ1) is 15.3. The lowest BCUT2D eigenvalue weighted by atomic mass is 9.99. The van der Waals surface area contributed by atoms with Crippen molar-refractivity contribution in [1.29, 1.82) is 5.26 Å². The number of benzene rings is 1. The molecule has 0 aliphatic carbocycles. The molecule has 3 heterocycles. The summed E-state index contributed by atoms with van der Waals surface area (Å²) in [7, 11) is 0. The minimum absolute atomic E-state index is 0.158. The van der Waals surface area contributed by atoms with E-state index < -0.39 is 5.82 Å². The highest BCUT2D eigenvalue weighted by Gasteiger charge is 2.20. The molecule has 4 rings (SSSR count). The summed E-state index contributed by atoms with van der Waals surface area (Å²) in [6.07, 6.45) is 2.54. The van der Waals surface area contributed by atoms with Crippen LogP contribution in [0.3, 0.4) is 0 Å². The maximum absolute atomic E-state index is 13.8. The molecule has 160 valence electrons. The van der Waals surface area contributed by atoms with Crippen LogP contribution in [0.2, 0.25) is 5.15 Å². The molecule has 0 radical (unpaired) electrons. The summed E-state index contributed by atoms with van der Waals surface area (Å²) in [6, 6.07) is 9.88. The van der Waals surface area contributed by atoms with E-state index in [2.05, 4.69) is 15.3 Å². The number of hydrogen-bond acceptors (Lipinski definition) is 6. The van der Waals surface area contributed by atoms with Crippen molar-refractivity contribution < 1.29 is 8.81 Å². The van der Waals surface area contributed by atoms with Crippen LogP contribution in [0.1, 0.15) is 35.3 Å². The first kappa shape index (κ1) is 21.5. The van der Waals surface area contributed by atoms with E-state index in [1.54, 1.807) is 25.1 Å². The fourth-order valence-corrected chi connectivity index (χ4v) is 3.80. The van der Waals surface area contributed by atoms with E-state index in [4.69, 9.17) is 16.0 Å².